The fourth-order valence-electron chi connectivity index (χ4n) is 2.75. The third kappa shape index (κ3) is 3.80. The molecule has 116 valence electrons. The molecule has 2 rings (SSSR count). The smallest absolute Gasteiger partial charge is 0.155 e. The first-order valence-electron chi connectivity index (χ1n) is 7.61. The van der Waals surface area contributed by atoms with E-state index in [-0.39, 0.29) is 12.1 Å². The van der Waals surface area contributed by atoms with E-state index in [1.165, 1.54) is 0 Å². The summed E-state index contributed by atoms with van der Waals surface area (Å²) < 4.78 is 1.90. The molecule has 2 aromatic heterocycles. The van der Waals surface area contributed by atoms with Gasteiger partial charge in [-0.15, -0.1) is 0 Å². The molecule has 0 aliphatic carbocycles. The summed E-state index contributed by atoms with van der Waals surface area (Å²) in [6, 6.07) is 2.20. The van der Waals surface area contributed by atoms with Gasteiger partial charge in [-0.05, 0) is 46.6 Å². The lowest BCUT2D eigenvalue weighted by molar-refractivity contribution is 0.162. The van der Waals surface area contributed by atoms with Crippen molar-refractivity contribution < 1.29 is 5.11 Å². The molecule has 0 aliphatic rings. The Morgan fingerprint density at radius 2 is 2.00 bits per heavy atom. The van der Waals surface area contributed by atoms with Crippen molar-refractivity contribution in [1.29, 1.82) is 0 Å². The van der Waals surface area contributed by atoms with Gasteiger partial charge in [0.25, 0.3) is 0 Å². The standard InChI is InChI=1S/C16H26N4O/c1-10(6-12(3)21)8-17-13(4)15-9-18-16-7-11(2)19-20(16)14(15)5/h7,9-10,12-13,17,21H,6,8H2,1-5H3. The maximum atomic E-state index is 9.42. The summed E-state index contributed by atoms with van der Waals surface area (Å²) in [5.41, 5.74) is 4.16. The quantitative estimate of drug-likeness (QED) is 0.857. The maximum absolute atomic E-state index is 9.42. The van der Waals surface area contributed by atoms with Gasteiger partial charge in [-0.2, -0.15) is 5.10 Å². The maximum Gasteiger partial charge on any atom is 0.155 e. The van der Waals surface area contributed by atoms with Crippen LogP contribution in [-0.4, -0.2) is 32.4 Å². The molecule has 0 saturated heterocycles. The lowest BCUT2D eigenvalue weighted by Gasteiger charge is -2.20. The number of aromatic nitrogens is 3. The SMILES string of the molecule is Cc1cc2ncc(C(C)NCC(C)CC(C)O)c(C)n2n1. The summed E-state index contributed by atoms with van der Waals surface area (Å²) in [6.45, 7) is 11.1. The van der Waals surface area contributed by atoms with Gasteiger partial charge < -0.3 is 10.4 Å². The summed E-state index contributed by atoms with van der Waals surface area (Å²) in [4.78, 5) is 4.48. The molecular weight excluding hydrogens is 264 g/mol. The highest BCUT2D eigenvalue weighted by molar-refractivity contribution is 5.42. The second-order valence-electron chi connectivity index (χ2n) is 6.17. The van der Waals surface area contributed by atoms with Crippen LogP contribution in [0, 0.1) is 19.8 Å². The summed E-state index contributed by atoms with van der Waals surface area (Å²) in [6.07, 6.45) is 2.50. The average Bonchev–Trinajstić information content (AvgIpc) is 2.77. The molecule has 0 aromatic carbocycles. The molecule has 2 heterocycles. The Hall–Kier alpha value is -1.46. The third-order valence-corrected chi connectivity index (χ3v) is 3.87. The number of aryl methyl sites for hydroxylation is 2. The number of aliphatic hydroxyl groups is 1. The number of rotatable bonds is 6. The average molecular weight is 290 g/mol. The molecule has 5 nitrogen and oxygen atoms in total. The number of nitrogens with one attached hydrogen (secondary N) is 1. The van der Waals surface area contributed by atoms with Gasteiger partial charge in [-0.1, -0.05) is 6.92 Å². The second-order valence-corrected chi connectivity index (χ2v) is 6.17. The van der Waals surface area contributed by atoms with Gasteiger partial charge in [-0.3, -0.25) is 0 Å². The normalized spacial score (nSPS) is 16.1. The van der Waals surface area contributed by atoms with Crippen LogP contribution in [0.15, 0.2) is 12.3 Å². The van der Waals surface area contributed by atoms with E-state index in [1.54, 1.807) is 0 Å². The Kier molecular flexibility index (Phi) is 4.96. The Bertz CT molecular complexity index is 606. The Morgan fingerprint density at radius 1 is 1.29 bits per heavy atom. The molecule has 2 N–H and O–H groups in total. The minimum atomic E-state index is -0.246. The molecule has 0 radical (unpaired) electrons. The Balaban J connectivity index is 2.08. The molecule has 0 amide bonds. The van der Waals surface area contributed by atoms with Crippen molar-refractivity contribution in [3.8, 4) is 0 Å². The molecule has 0 saturated carbocycles. The van der Waals surface area contributed by atoms with E-state index in [1.807, 2.05) is 30.6 Å². The highest BCUT2D eigenvalue weighted by Crippen LogP contribution is 2.18. The van der Waals surface area contributed by atoms with E-state index >= 15 is 0 Å². The van der Waals surface area contributed by atoms with Crippen LogP contribution in [-0.2, 0) is 0 Å². The Morgan fingerprint density at radius 3 is 2.67 bits per heavy atom. The van der Waals surface area contributed by atoms with Crippen LogP contribution < -0.4 is 5.32 Å². The number of hydrogen-bond acceptors (Lipinski definition) is 4. The number of nitrogens with zero attached hydrogens (tertiary/aromatic N) is 3. The van der Waals surface area contributed by atoms with Gasteiger partial charge in [0, 0.05) is 29.6 Å². The van der Waals surface area contributed by atoms with Gasteiger partial charge in [0.2, 0.25) is 0 Å². The predicted molar refractivity (Wildman–Crippen MR) is 84.3 cm³/mol. The minimum absolute atomic E-state index is 0.211. The zero-order valence-corrected chi connectivity index (χ0v) is 13.6. The first-order valence-corrected chi connectivity index (χ1v) is 7.61. The highest BCUT2D eigenvalue weighted by Gasteiger charge is 2.14. The molecule has 21 heavy (non-hydrogen) atoms. The van der Waals surface area contributed by atoms with Gasteiger partial charge >= 0.3 is 0 Å². The highest BCUT2D eigenvalue weighted by atomic mass is 16.3. The van der Waals surface area contributed by atoms with Crippen LogP contribution >= 0.6 is 0 Å². The lowest BCUT2D eigenvalue weighted by atomic mass is 10.0. The molecule has 5 heteroatoms. The van der Waals surface area contributed by atoms with E-state index in [2.05, 4.69) is 36.2 Å². The molecule has 0 fully saturated rings. The summed E-state index contributed by atoms with van der Waals surface area (Å²) >= 11 is 0. The van der Waals surface area contributed by atoms with Crippen LogP contribution in [0.5, 0.6) is 0 Å². The fourth-order valence-corrected chi connectivity index (χ4v) is 2.75. The predicted octanol–water partition coefficient (Wildman–Crippen LogP) is 2.40. The van der Waals surface area contributed by atoms with Gasteiger partial charge in [-0.25, -0.2) is 9.50 Å². The van der Waals surface area contributed by atoms with Crippen molar-refractivity contribution in [2.45, 2.75) is 53.2 Å². The molecule has 0 spiro atoms. The van der Waals surface area contributed by atoms with Gasteiger partial charge in [0.15, 0.2) is 5.65 Å². The summed E-state index contributed by atoms with van der Waals surface area (Å²) in [5, 5.41) is 17.4. The second kappa shape index (κ2) is 6.54. The van der Waals surface area contributed by atoms with Crippen molar-refractivity contribution >= 4 is 5.65 Å². The molecule has 0 bridgehead atoms. The van der Waals surface area contributed by atoms with Crippen LogP contribution in [0.25, 0.3) is 5.65 Å². The van der Waals surface area contributed by atoms with Crippen molar-refractivity contribution in [1.82, 2.24) is 19.9 Å². The molecular formula is C16H26N4O. The van der Waals surface area contributed by atoms with Gasteiger partial charge in [0.1, 0.15) is 0 Å². The van der Waals surface area contributed by atoms with E-state index in [9.17, 15) is 5.11 Å². The monoisotopic (exact) mass is 290 g/mol. The number of aliphatic hydroxyl groups excluding tert-OH is 1. The van der Waals surface area contributed by atoms with Crippen LogP contribution in [0.1, 0.15) is 50.2 Å². The molecule has 3 unspecified atom stereocenters. The van der Waals surface area contributed by atoms with Crippen LogP contribution in [0.2, 0.25) is 0 Å². The first kappa shape index (κ1) is 15.9. The van der Waals surface area contributed by atoms with Crippen molar-refractivity contribution in [2.75, 3.05) is 6.54 Å². The first-order chi connectivity index (χ1) is 9.88. The lowest BCUT2D eigenvalue weighted by Crippen LogP contribution is -2.27. The Labute approximate surface area is 126 Å². The van der Waals surface area contributed by atoms with Crippen molar-refractivity contribution in [3.63, 3.8) is 0 Å². The largest absolute Gasteiger partial charge is 0.393 e. The molecule has 0 aliphatic heterocycles. The zero-order chi connectivity index (χ0) is 15.6. The van der Waals surface area contributed by atoms with E-state index in [4.69, 9.17) is 0 Å². The topological polar surface area (TPSA) is 62.5 Å². The van der Waals surface area contributed by atoms with Crippen LogP contribution in [0.4, 0.5) is 0 Å². The van der Waals surface area contributed by atoms with Crippen molar-refractivity contribution in [3.05, 3.63) is 29.2 Å². The van der Waals surface area contributed by atoms with E-state index < -0.39 is 0 Å². The summed E-state index contributed by atoms with van der Waals surface area (Å²) in [5.74, 6) is 0.441. The van der Waals surface area contributed by atoms with E-state index in [0.717, 1.165) is 35.6 Å². The third-order valence-electron chi connectivity index (χ3n) is 3.87. The van der Waals surface area contributed by atoms with Gasteiger partial charge in [0.05, 0.1) is 11.8 Å². The molecule has 2 aromatic rings. The van der Waals surface area contributed by atoms with Crippen LogP contribution in [0.3, 0.4) is 0 Å². The minimum Gasteiger partial charge on any atom is -0.393 e. The fraction of sp³-hybridized carbons (Fsp3) is 0.625. The summed E-state index contributed by atoms with van der Waals surface area (Å²) in [7, 11) is 0. The number of hydrogen-bond donors (Lipinski definition) is 2. The number of fused-ring (bicyclic) bond motifs is 1. The van der Waals surface area contributed by atoms with E-state index in [0.29, 0.717) is 5.92 Å². The molecule has 3 atom stereocenters. The zero-order valence-electron chi connectivity index (χ0n) is 13.6. The van der Waals surface area contributed by atoms with Crippen molar-refractivity contribution in [2.24, 2.45) is 5.92 Å².